The van der Waals surface area contributed by atoms with Crippen molar-refractivity contribution in [3.63, 3.8) is 0 Å². The van der Waals surface area contributed by atoms with Crippen molar-refractivity contribution in [2.75, 3.05) is 19.6 Å². The average Bonchev–Trinajstić information content (AvgIpc) is 2.86. The first-order valence-electron chi connectivity index (χ1n) is 7.08. The topological polar surface area (TPSA) is 52.6 Å². The number of carboxylic acids is 1. The lowest BCUT2D eigenvalue weighted by atomic mass is 10.1. The van der Waals surface area contributed by atoms with E-state index in [1.807, 2.05) is 0 Å². The molecule has 1 saturated heterocycles. The molecule has 2 rings (SSSR count). The van der Waals surface area contributed by atoms with Gasteiger partial charge in [0, 0.05) is 19.1 Å². The summed E-state index contributed by atoms with van der Waals surface area (Å²) in [4.78, 5) is 13.2. The van der Waals surface area contributed by atoms with Crippen molar-refractivity contribution in [3.05, 3.63) is 35.1 Å². The molecule has 2 N–H and O–H groups in total. The summed E-state index contributed by atoms with van der Waals surface area (Å²) < 4.78 is 13.5. The van der Waals surface area contributed by atoms with Crippen molar-refractivity contribution in [1.82, 2.24) is 10.2 Å². The smallest absolute Gasteiger partial charge is 0.338 e. The Hall–Kier alpha value is -1.46. The van der Waals surface area contributed by atoms with Crippen molar-refractivity contribution in [3.8, 4) is 0 Å². The Bertz CT molecular complexity index is 479. The molecule has 1 atom stereocenters. The van der Waals surface area contributed by atoms with E-state index in [2.05, 4.69) is 17.1 Å². The average molecular weight is 280 g/mol. The van der Waals surface area contributed by atoms with Crippen molar-refractivity contribution in [2.45, 2.75) is 32.4 Å². The second-order valence-electron chi connectivity index (χ2n) is 5.17. The van der Waals surface area contributed by atoms with Crippen molar-refractivity contribution < 1.29 is 14.3 Å². The van der Waals surface area contributed by atoms with Crippen LogP contribution in [0, 0.1) is 5.82 Å². The molecule has 0 amide bonds. The fraction of sp³-hybridized carbons (Fsp3) is 0.533. The zero-order chi connectivity index (χ0) is 14.5. The predicted octanol–water partition coefficient (Wildman–Crippen LogP) is 2.10. The fourth-order valence-electron chi connectivity index (χ4n) is 2.77. The molecule has 1 aliphatic rings. The van der Waals surface area contributed by atoms with Crippen molar-refractivity contribution >= 4 is 5.97 Å². The normalized spacial score (nSPS) is 19.4. The highest BCUT2D eigenvalue weighted by Crippen LogP contribution is 2.16. The van der Waals surface area contributed by atoms with Crippen LogP contribution in [0.5, 0.6) is 0 Å². The lowest BCUT2D eigenvalue weighted by molar-refractivity contribution is 0.0692. The number of nitrogens with one attached hydrogen (secondary N) is 1. The minimum Gasteiger partial charge on any atom is -0.478 e. The third-order valence-electron chi connectivity index (χ3n) is 3.88. The van der Waals surface area contributed by atoms with Crippen LogP contribution in [-0.2, 0) is 6.54 Å². The Balaban J connectivity index is 1.85. The van der Waals surface area contributed by atoms with E-state index in [1.54, 1.807) is 6.07 Å². The summed E-state index contributed by atoms with van der Waals surface area (Å²) >= 11 is 0. The summed E-state index contributed by atoms with van der Waals surface area (Å²) in [5, 5.41) is 12.1. The summed E-state index contributed by atoms with van der Waals surface area (Å²) in [7, 11) is 0. The summed E-state index contributed by atoms with van der Waals surface area (Å²) in [6, 6.07) is 4.83. The molecule has 1 heterocycles. The van der Waals surface area contributed by atoms with Crippen LogP contribution in [0.1, 0.15) is 35.7 Å². The monoisotopic (exact) mass is 280 g/mol. The maximum Gasteiger partial charge on any atom is 0.338 e. The number of likely N-dealkylation sites (N-methyl/N-ethyl adjacent to an activating group) is 1. The van der Waals surface area contributed by atoms with Gasteiger partial charge >= 0.3 is 5.97 Å². The van der Waals surface area contributed by atoms with Gasteiger partial charge in [-0.3, -0.25) is 4.90 Å². The number of carbonyl (C=O) groups is 1. The van der Waals surface area contributed by atoms with Gasteiger partial charge in [0.2, 0.25) is 0 Å². The Kier molecular flexibility index (Phi) is 5.09. The molecule has 0 aromatic heterocycles. The number of halogens is 1. The maximum atomic E-state index is 13.5. The number of likely N-dealkylation sites (tertiary alicyclic amines) is 1. The molecule has 4 nitrogen and oxygen atoms in total. The summed E-state index contributed by atoms with van der Waals surface area (Å²) in [5.41, 5.74) is 0.496. The van der Waals surface area contributed by atoms with Crippen LogP contribution in [0.2, 0.25) is 0 Å². The molecule has 0 bridgehead atoms. The molecule has 20 heavy (non-hydrogen) atoms. The number of hydrogen-bond acceptors (Lipinski definition) is 3. The van der Waals surface area contributed by atoms with Gasteiger partial charge in [0.25, 0.3) is 0 Å². The van der Waals surface area contributed by atoms with E-state index in [1.165, 1.54) is 25.0 Å². The SMILES string of the molecule is CCN1CCCC1CNCc1ccc(C(=O)O)c(F)c1. The molecule has 5 heteroatoms. The first-order valence-corrected chi connectivity index (χ1v) is 7.08. The molecule has 1 fully saturated rings. The van der Waals surface area contributed by atoms with E-state index < -0.39 is 11.8 Å². The molecular weight excluding hydrogens is 259 g/mol. The summed E-state index contributed by atoms with van der Waals surface area (Å²) in [6.07, 6.45) is 2.44. The number of carboxylic acid groups (broad SMARTS) is 1. The van der Waals surface area contributed by atoms with Gasteiger partial charge in [0.1, 0.15) is 5.82 Å². The largest absolute Gasteiger partial charge is 0.478 e. The minimum atomic E-state index is -1.23. The van der Waals surface area contributed by atoms with Gasteiger partial charge in [-0.1, -0.05) is 13.0 Å². The van der Waals surface area contributed by atoms with Gasteiger partial charge in [-0.15, -0.1) is 0 Å². The van der Waals surface area contributed by atoms with Gasteiger partial charge < -0.3 is 10.4 Å². The highest BCUT2D eigenvalue weighted by atomic mass is 19.1. The Labute approximate surface area is 118 Å². The highest BCUT2D eigenvalue weighted by molar-refractivity contribution is 5.87. The molecule has 1 aromatic carbocycles. The molecule has 1 aliphatic heterocycles. The Morgan fingerprint density at radius 1 is 1.55 bits per heavy atom. The van der Waals surface area contributed by atoms with Crippen LogP contribution in [0.25, 0.3) is 0 Å². The zero-order valence-corrected chi connectivity index (χ0v) is 11.7. The number of rotatable bonds is 6. The van der Waals surface area contributed by atoms with E-state index >= 15 is 0 Å². The molecule has 0 spiro atoms. The van der Waals surface area contributed by atoms with Gasteiger partial charge in [0.15, 0.2) is 0 Å². The fourth-order valence-corrected chi connectivity index (χ4v) is 2.77. The zero-order valence-electron chi connectivity index (χ0n) is 11.7. The first kappa shape index (κ1) is 14.9. The number of benzene rings is 1. The second kappa shape index (κ2) is 6.81. The van der Waals surface area contributed by atoms with Crippen molar-refractivity contribution in [2.24, 2.45) is 0 Å². The van der Waals surface area contributed by atoms with Crippen LogP contribution >= 0.6 is 0 Å². The number of hydrogen-bond donors (Lipinski definition) is 2. The predicted molar refractivity (Wildman–Crippen MR) is 75.3 cm³/mol. The van der Waals surface area contributed by atoms with E-state index in [-0.39, 0.29) is 5.56 Å². The Morgan fingerprint density at radius 2 is 2.35 bits per heavy atom. The van der Waals surface area contributed by atoms with E-state index in [4.69, 9.17) is 5.11 Å². The summed E-state index contributed by atoms with van der Waals surface area (Å²) in [5.74, 6) is -1.90. The molecule has 1 aromatic rings. The van der Waals surface area contributed by atoms with Gasteiger partial charge in [0.05, 0.1) is 5.56 Å². The van der Waals surface area contributed by atoms with E-state index in [0.717, 1.165) is 25.2 Å². The number of aromatic carboxylic acids is 1. The third-order valence-corrected chi connectivity index (χ3v) is 3.88. The van der Waals surface area contributed by atoms with Gasteiger partial charge in [-0.05, 0) is 43.6 Å². The molecule has 0 aliphatic carbocycles. The van der Waals surface area contributed by atoms with Crippen LogP contribution in [0.3, 0.4) is 0 Å². The number of nitrogens with zero attached hydrogens (tertiary/aromatic N) is 1. The minimum absolute atomic E-state index is 0.276. The van der Waals surface area contributed by atoms with E-state index in [9.17, 15) is 9.18 Å². The first-order chi connectivity index (χ1) is 9.61. The quantitative estimate of drug-likeness (QED) is 0.838. The van der Waals surface area contributed by atoms with Crippen LogP contribution < -0.4 is 5.32 Å². The van der Waals surface area contributed by atoms with Gasteiger partial charge in [-0.2, -0.15) is 0 Å². The van der Waals surface area contributed by atoms with Crippen LogP contribution in [0.15, 0.2) is 18.2 Å². The van der Waals surface area contributed by atoms with Crippen LogP contribution in [0.4, 0.5) is 4.39 Å². The lowest BCUT2D eigenvalue weighted by Crippen LogP contribution is -2.37. The van der Waals surface area contributed by atoms with Gasteiger partial charge in [-0.25, -0.2) is 9.18 Å². The maximum absolute atomic E-state index is 13.5. The standard InChI is InChI=1S/C15H21FN2O2/c1-2-18-7-3-4-12(18)10-17-9-11-5-6-13(15(19)20)14(16)8-11/h5-6,8,12,17H,2-4,7,9-10H2,1H3,(H,19,20). The molecular formula is C15H21FN2O2. The van der Waals surface area contributed by atoms with Crippen LogP contribution in [-0.4, -0.2) is 41.7 Å². The third kappa shape index (κ3) is 3.55. The molecule has 0 saturated carbocycles. The van der Waals surface area contributed by atoms with E-state index in [0.29, 0.717) is 12.6 Å². The molecule has 0 radical (unpaired) electrons. The lowest BCUT2D eigenvalue weighted by Gasteiger charge is -2.23. The van der Waals surface area contributed by atoms with Crippen molar-refractivity contribution in [1.29, 1.82) is 0 Å². The molecule has 110 valence electrons. The Morgan fingerprint density at radius 3 is 3.00 bits per heavy atom. The summed E-state index contributed by atoms with van der Waals surface area (Å²) in [6.45, 7) is 5.83. The second-order valence-corrected chi connectivity index (χ2v) is 5.17. The molecule has 1 unspecified atom stereocenters. The highest BCUT2D eigenvalue weighted by Gasteiger charge is 2.22.